The number of carbonyl (C=O) groups excluding carboxylic acids is 3. The van der Waals surface area contributed by atoms with Gasteiger partial charge in [-0.3, -0.25) is 14.5 Å². The SMILES string of the molecule is COC(=O)c1c(NC(=O)CN2CCN(C(=O)C3CCCO3)CC2)sc2c1CCCC2. The lowest BCUT2D eigenvalue weighted by Crippen LogP contribution is -2.52. The van der Waals surface area contributed by atoms with Gasteiger partial charge in [0.2, 0.25) is 5.91 Å². The van der Waals surface area contributed by atoms with Gasteiger partial charge in [-0.2, -0.15) is 0 Å². The number of piperazine rings is 1. The van der Waals surface area contributed by atoms with Gasteiger partial charge in [-0.25, -0.2) is 4.79 Å². The number of fused-ring (bicyclic) bond motifs is 1. The number of methoxy groups -OCH3 is 1. The van der Waals surface area contributed by atoms with Gasteiger partial charge in [0.25, 0.3) is 5.91 Å². The van der Waals surface area contributed by atoms with Crippen molar-refractivity contribution in [3.05, 3.63) is 16.0 Å². The molecule has 2 amide bonds. The Morgan fingerprint density at radius 3 is 2.60 bits per heavy atom. The molecule has 1 aromatic rings. The fourth-order valence-electron chi connectivity index (χ4n) is 4.44. The maximum absolute atomic E-state index is 12.7. The van der Waals surface area contributed by atoms with Crippen molar-refractivity contribution in [3.63, 3.8) is 0 Å². The van der Waals surface area contributed by atoms with Gasteiger partial charge in [-0.1, -0.05) is 0 Å². The molecule has 0 radical (unpaired) electrons. The Bertz CT molecular complexity index is 810. The Kier molecular flexibility index (Phi) is 6.70. The lowest BCUT2D eigenvalue weighted by atomic mass is 9.95. The third-order valence-electron chi connectivity index (χ3n) is 6.07. The molecular formula is C21H29N3O5S. The van der Waals surface area contributed by atoms with Crippen LogP contribution in [0.15, 0.2) is 0 Å². The molecule has 2 saturated heterocycles. The predicted octanol–water partition coefficient (Wildman–Crippen LogP) is 1.68. The first-order chi connectivity index (χ1) is 14.6. The zero-order valence-electron chi connectivity index (χ0n) is 17.4. The number of nitrogens with one attached hydrogen (secondary N) is 1. The van der Waals surface area contributed by atoms with E-state index in [9.17, 15) is 14.4 Å². The highest BCUT2D eigenvalue weighted by Crippen LogP contribution is 2.38. The van der Waals surface area contributed by atoms with Crippen LogP contribution in [0.4, 0.5) is 5.00 Å². The summed E-state index contributed by atoms with van der Waals surface area (Å²) in [4.78, 5) is 42.5. The van der Waals surface area contributed by atoms with Crippen molar-refractivity contribution in [2.75, 3.05) is 51.8 Å². The number of rotatable bonds is 5. The molecular weight excluding hydrogens is 406 g/mol. The van der Waals surface area contributed by atoms with E-state index < -0.39 is 0 Å². The predicted molar refractivity (Wildman–Crippen MR) is 113 cm³/mol. The number of thiophene rings is 1. The summed E-state index contributed by atoms with van der Waals surface area (Å²) in [7, 11) is 1.37. The molecule has 1 aliphatic carbocycles. The van der Waals surface area contributed by atoms with E-state index in [1.807, 2.05) is 9.80 Å². The summed E-state index contributed by atoms with van der Waals surface area (Å²) in [6.45, 7) is 3.41. The van der Waals surface area contributed by atoms with Crippen molar-refractivity contribution in [2.24, 2.45) is 0 Å². The highest BCUT2D eigenvalue weighted by atomic mass is 32.1. The van der Waals surface area contributed by atoms with Gasteiger partial charge in [0.05, 0.1) is 19.2 Å². The third-order valence-corrected chi connectivity index (χ3v) is 7.28. The molecule has 30 heavy (non-hydrogen) atoms. The highest BCUT2D eigenvalue weighted by molar-refractivity contribution is 7.17. The number of nitrogens with zero attached hydrogens (tertiary/aromatic N) is 2. The number of hydrogen-bond acceptors (Lipinski definition) is 7. The standard InChI is InChI=1S/C21H29N3O5S/c1-28-21(27)18-14-5-2-3-7-16(14)30-19(18)22-17(25)13-23-8-10-24(11-9-23)20(26)15-6-4-12-29-15/h15H,2-13H2,1H3,(H,22,25). The number of aryl methyl sites for hydroxylation is 1. The van der Waals surface area contributed by atoms with E-state index in [0.717, 1.165) is 44.1 Å². The van der Waals surface area contributed by atoms with E-state index in [0.29, 0.717) is 43.4 Å². The van der Waals surface area contributed by atoms with Crippen LogP contribution in [-0.4, -0.2) is 80.1 Å². The molecule has 1 unspecified atom stereocenters. The van der Waals surface area contributed by atoms with Gasteiger partial charge in [-0.05, 0) is 44.1 Å². The molecule has 0 saturated carbocycles. The van der Waals surface area contributed by atoms with E-state index in [1.165, 1.54) is 23.3 Å². The van der Waals surface area contributed by atoms with E-state index in [4.69, 9.17) is 9.47 Å². The molecule has 0 bridgehead atoms. The van der Waals surface area contributed by atoms with Gasteiger partial charge in [0.1, 0.15) is 11.1 Å². The van der Waals surface area contributed by atoms with Crippen LogP contribution in [0.3, 0.4) is 0 Å². The van der Waals surface area contributed by atoms with Gasteiger partial charge in [0.15, 0.2) is 0 Å². The van der Waals surface area contributed by atoms with Crippen molar-refractivity contribution < 1.29 is 23.9 Å². The summed E-state index contributed by atoms with van der Waals surface area (Å²) in [5.41, 5.74) is 1.56. The maximum atomic E-state index is 12.7. The molecule has 2 aliphatic heterocycles. The fourth-order valence-corrected chi connectivity index (χ4v) is 5.74. The van der Waals surface area contributed by atoms with Crippen LogP contribution in [0.1, 0.15) is 46.5 Å². The highest BCUT2D eigenvalue weighted by Gasteiger charge is 2.31. The Hall–Kier alpha value is -1.97. The smallest absolute Gasteiger partial charge is 0.341 e. The molecule has 3 aliphatic rings. The van der Waals surface area contributed by atoms with Crippen LogP contribution in [0.5, 0.6) is 0 Å². The van der Waals surface area contributed by atoms with E-state index in [-0.39, 0.29) is 30.4 Å². The second-order valence-corrected chi connectivity index (χ2v) is 9.16. The zero-order valence-corrected chi connectivity index (χ0v) is 18.2. The van der Waals surface area contributed by atoms with Crippen LogP contribution < -0.4 is 5.32 Å². The Morgan fingerprint density at radius 1 is 1.13 bits per heavy atom. The van der Waals surface area contributed by atoms with Crippen molar-refractivity contribution >= 4 is 34.1 Å². The quantitative estimate of drug-likeness (QED) is 0.708. The van der Waals surface area contributed by atoms with Crippen molar-refractivity contribution in [3.8, 4) is 0 Å². The molecule has 1 aromatic heterocycles. The van der Waals surface area contributed by atoms with Gasteiger partial charge >= 0.3 is 5.97 Å². The van der Waals surface area contributed by atoms with Gasteiger partial charge < -0.3 is 19.7 Å². The van der Waals surface area contributed by atoms with E-state index in [2.05, 4.69) is 5.32 Å². The van der Waals surface area contributed by atoms with Gasteiger partial charge in [0, 0.05) is 37.7 Å². The molecule has 0 spiro atoms. The topological polar surface area (TPSA) is 88.2 Å². The number of esters is 1. The summed E-state index contributed by atoms with van der Waals surface area (Å²) in [5.74, 6) is -0.452. The number of anilines is 1. The lowest BCUT2D eigenvalue weighted by Gasteiger charge is -2.35. The summed E-state index contributed by atoms with van der Waals surface area (Å²) in [5, 5.41) is 3.55. The first-order valence-electron chi connectivity index (χ1n) is 10.7. The van der Waals surface area contributed by atoms with Gasteiger partial charge in [-0.15, -0.1) is 11.3 Å². The van der Waals surface area contributed by atoms with E-state index >= 15 is 0 Å². The molecule has 1 atom stereocenters. The van der Waals surface area contributed by atoms with Crippen molar-refractivity contribution in [1.82, 2.24) is 9.80 Å². The normalized spacial score (nSPS) is 21.9. The summed E-state index contributed by atoms with van der Waals surface area (Å²) in [6.07, 6.45) is 5.41. The maximum Gasteiger partial charge on any atom is 0.341 e. The first kappa shape index (κ1) is 21.3. The average molecular weight is 436 g/mol. The molecule has 4 rings (SSSR count). The van der Waals surface area contributed by atoms with Crippen LogP contribution >= 0.6 is 11.3 Å². The first-order valence-corrected chi connectivity index (χ1v) is 11.5. The number of ether oxygens (including phenoxy) is 2. The average Bonchev–Trinajstić information content (AvgIpc) is 3.41. The molecule has 0 aromatic carbocycles. The Morgan fingerprint density at radius 2 is 1.90 bits per heavy atom. The fraction of sp³-hybridized carbons (Fsp3) is 0.667. The number of amides is 2. The summed E-state index contributed by atoms with van der Waals surface area (Å²) >= 11 is 1.50. The summed E-state index contributed by atoms with van der Waals surface area (Å²) in [6, 6.07) is 0. The van der Waals surface area contributed by atoms with Crippen LogP contribution in [0.2, 0.25) is 0 Å². The second kappa shape index (κ2) is 9.45. The molecule has 9 heteroatoms. The minimum Gasteiger partial charge on any atom is -0.465 e. The third kappa shape index (κ3) is 4.53. The summed E-state index contributed by atoms with van der Waals surface area (Å²) < 4.78 is 10.5. The van der Waals surface area contributed by atoms with Crippen LogP contribution in [0, 0.1) is 0 Å². The van der Waals surface area contributed by atoms with Crippen molar-refractivity contribution in [1.29, 1.82) is 0 Å². The Balaban J connectivity index is 1.33. The molecule has 8 nitrogen and oxygen atoms in total. The molecule has 2 fully saturated rings. The number of hydrogen-bond donors (Lipinski definition) is 1. The van der Waals surface area contributed by atoms with E-state index in [1.54, 1.807) is 0 Å². The molecule has 164 valence electrons. The minimum atomic E-state index is -0.383. The zero-order chi connectivity index (χ0) is 21.1. The monoisotopic (exact) mass is 435 g/mol. The molecule has 1 N–H and O–H groups in total. The minimum absolute atomic E-state index is 0.0727. The molecule has 3 heterocycles. The number of carbonyl (C=O) groups is 3. The van der Waals surface area contributed by atoms with Crippen molar-refractivity contribution in [2.45, 2.75) is 44.6 Å². The van der Waals surface area contributed by atoms with Crippen LogP contribution in [-0.2, 0) is 31.9 Å². The lowest BCUT2D eigenvalue weighted by molar-refractivity contribution is -0.142. The van der Waals surface area contributed by atoms with Crippen LogP contribution in [0.25, 0.3) is 0 Å². The largest absolute Gasteiger partial charge is 0.465 e. The Labute approximate surface area is 180 Å². The second-order valence-electron chi connectivity index (χ2n) is 8.06.